The molecule has 0 fully saturated rings. The van der Waals surface area contributed by atoms with Gasteiger partial charge in [0.15, 0.2) is 15.3 Å². The molecular formula is C34H25N5OS3. The van der Waals surface area contributed by atoms with Gasteiger partial charge in [0.1, 0.15) is 0 Å². The lowest BCUT2D eigenvalue weighted by Crippen LogP contribution is -2.14. The van der Waals surface area contributed by atoms with E-state index in [2.05, 4.69) is 58.0 Å². The highest BCUT2D eigenvalue weighted by Crippen LogP contribution is 2.33. The SMILES string of the molecule is O=C(CSc1nnc(-c2ccc(CSc3nc4ccccc4s3)cc2)n1-c1ccccc1)Nc1ccc2ccccc2c1. The van der Waals surface area contributed by atoms with Crippen molar-refractivity contribution in [2.45, 2.75) is 15.2 Å². The summed E-state index contributed by atoms with van der Waals surface area (Å²) in [6.45, 7) is 0. The molecule has 2 heterocycles. The fraction of sp³-hybridized carbons (Fsp3) is 0.0588. The van der Waals surface area contributed by atoms with Gasteiger partial charge >= 0.3 is 0 Å². The van der Waals surface area contributed by atoms with Gasteiger partial charge in [0.2, 0.25) is 5.91 Å². The molecule has 0 aliphatic rings. The van der Waals surface area contributed by atoms with Crippen LogP contribution in [0.1, 0.15) is 5.56 Å². The standard InChI is InChI=1S/C34H25N5OS3/c40-31(35-27-19-18-24-8-4-5-9-26(24)20-27)22-41-33-38-37-32(39(33)28-10-2-1-3-11-28)25-16-14-23(15-17-25)21-42-34-36-29-12-6-7-13-30(29)43-34/h1-20H,21-22H2,(H,35,40). The third kappa shape index (κ3) is 6.19. The van der Waals surface area contributed by atoms with Crippen LogP contribution in [-0.2, 0) is 10.5 Å². The summed E-state index contributed by atoms with van der Waals surface area (Å²) in [6.07, 6.45) is 0. The van der Waals surface area contributed by atoms with E-state index in [1.807, 2.05) is 83.4 Å². The molecule has 0 saturated heterocycles. The van der Waals surface area contributed by atoms with Crippen molar-refractivity contribution in [2.24, 2.45) is 0 Å². The van der Waals surface area contributed by atoms with Gasteiger partial charge < -0.3 is 5.32 Å². The molecule has 7 rings (SSSR count). The Morgan fingerprint density at radius 1 is 0.767 bits per heavy atom. The number of rotatable bonds is 9. The predicted octanol–water partition coefficient (Wildman–Crippen LogP) is 8.72. The average Bonchev–Trinajstić information content (AvgIpc) is 3.68. The number of hydrogen-bond donors (Lipinski definition) is 1. The molecule has 0 atom stereocenters. The van der Waals surface area contributed by atoms with Crippen LogP contribution in [0.25, 0.3) is 38.1 Å². The van der Waals surface area contributed by atoms with Gasteiger partial charge in [0, 0.05) is 22.7 Å². The van der Waals surface area contributed by atoms with Crippen molar-refractivity contribution >= 4 is 67.4 Å². The lowest BCUT2D eigenvalue weighted by Gasteiger charge is -2.11. The van der Waals surface area contributed by atoms with Gasteiger partial charge in [-0.05, 0) is 52.7 Å². The number of fused-ring (bicyclic) bond motifs is 2. The topological polar surface area (TPSA) is 72.7 Å². The Morgan fingerprint density at radius 3 is 2.37 bits per heavy atom. The van der Waals surface area contributed by atoms with Crippen molar-refractivity contribution in [2.75, 3.05) is 11.1 Å². The third-order valence-electron chi connectivity index (χ3n) is 6.86. The number of carbonyl (C=O) groups is 1. The van der Waals surface area contributed by atoms with Gasteiger partial charge in [-0.1, -0.05) is 108 Å². The van der Waals surface area contributed by atoms with E-state index < -0.39 is 0 Å². The van der Waals surface area contributed by atoms with Crippen molar-refractivity contribution in [3.8, 4) is 17.1 Å². The van der Waals surface area contributed by atoms with Crippen LogP contribution in [0.3, 0.4) is 0 Å². The summed E-state index contributed by atoms with van der Waals surface area (Å²) in [5, 5.41) is 14.9. The van der Waals surface area contributed by atoms with E-state index in [9.17, 15) is 4.79 Å². The van der Waals surface area contributed by atoms with Crippen molar-refractivity contribution < 1.29 is 4.79 Å². The Kier molecular flexibility index (Phi) is 7.92. The first-order valence-electron chi connectivity index (χ1n) is 13.7. The first-order chi connectivity index (χ1) is 21.2. The normalized spacial score (nSPS) is 11.3. The van der Waals surface area contributed by atoms with Gasteiger partial charge in [-0.2, -0.15) is 0 Å². The van der Waals surface area contributed by atoms with Crippen LogP contribution in [0.4, 0.5) is 5.69 Å². The lowest BCUT2D eigenvalue weighted by molar-refractivity contribution is -0.113. The molecule has 6 nitrogen and oxygen atoms in total. The van der Waals surface area contributed by atoms with Crippen LogP contribution >= 0.6 is 34.9 Å². The van der Waals surface area contributed by atoms with Crippen LogP contribution in [-0.4, -0.2) is 31.4 Å². The number of thiazole rings is 1. The maximum absolute atomic E-state index is 12.9. The minimum absolute atomic E-state index is 0.0978. The Hall–Kier alpha value is -4.44. The van der Waals surface area contributed by atoms with E-state index in [4.69, 9.17) is 4.98 Å². The first-order valence-corrected chi connectivity index (χ1v) is 16.5. The molecule has 2 aromatic heterocycles. The van der Waals surface area contributed by atoms with E-state index >= 15 is 0 Å². The van der Waals surface area contributed by atoms with Gasteiger partial charge in [0.25, 0.3) is 0 Å². The van der Waals surface area contributed by atoms with Crippen molar-refractivity contribution in [3.63, 3.8) is 0 Å². The second-order valence-electron chi connectivity index (χ2n) is 9.81. The molecule has 1 amide bonds. The third-order valence-corrected chi connectivity index (χ3v) is 10.0. The minimum Gasteiger partial charge on any atom is -0.325 e. The van der Waals surface area contributed by atoms with Gasteiger partial charge in [-0.15, -0.1) is 21.5 Å². The maximum atomic E-state index is 12.9. The highest BCUT2D eigenvalue weighted by atomic mass is 32.2. The number of para-hydroxylation sites is 2. The number of thioether (sulfide) groups is 2. The van der Waals surface area contributed by atoms with E-state index in [1.165, 1.54) is 22.0 Å². The van der Waals surface area contributed by atoms with E-state index in [0.717, 1.165) is 49.1 Å². The fourth-order valence-electron chi connectivity index (χ4n) is 4.76. The van der Waals surface area contributed by atoms with Gasteiger partial charge in [0.05, 0.1) is 16.0 Å². The van der Waals surface area contributed by atoms with Gasteiger partial charge in [-0.25, -0.2) is 4.98 Å². The summed E-state index contributed by atoms with van der Waals surface area (Å²) in [6, 6.07) is 40.7. The molecule has 0 radical (unpaired) electrons. The highest BCUT2D eigenvalue weighted by molar-refractivity contribution is 8.00. The van der Waals surface area contributed by atoms with E-state index in [1.54, 1.807) is 23.1 Å². The number of carbonyl (C=O) groups excluding carboxylic acids is 1. The van der Waals surface area contributed by atoms with Crippen LogP contribution in [0, 0.1) is 0 Å². The molecule has 210 valence electrons. The Balaban J connectivity index is 1.07. The molecule has 1 N–H and O–H groups in total. The molecule has 0 saturated carbocycles. The Labute approximate surface area is 261 Å². The largest absolute Gasteiger partial charge is 0.325 e. The summed E-state index contributed by atoms with van der Waals surface area (Å²) >= 11 is 4.84. The van der Waals surface area contributed by atoms with E-state index in [0.29, 0.717) is 5.16 Å². The Bertz CT molecular complexity index is 2000. The van der Waals surface area contributed by atoms with Crippen molar-refractivity contribution in [3.05, 3.63) is 127 Å². The summed E-state index contributed by atoms with van der Waals surface area (Å²) in [5.41, 5.74) is 4.92. The van der Waals surface area contributed by atoms with Crippen LogP contribution in [0.15, 0.2) is 131 Å². The molecule has 9 heteroatoms. The predicted molar refractivity (Wildman–Crippen MR) is 179 cm³/mol. The van der Waals surface area contributed by atoms with Crippen LogP contribution in [0.2, 0.25) is 0 Å². The zero-order valence-corrected chi connectivity index (χ0v) is 25.3. The second-order valence-corrected chi connectivity index (χ2v) is 13.0. The summed E-state index contributed by atoms with van der Waals surface area (Å²) in [7, 11) is 0. The number of hydrogen-bond acceptors (Lipinski definition) is 7. The molecule has 0 aliphatic heterocycles. The highest BCUT2D eigenvalue weighted by Gasteiger charge is 2.18. The molecule has 5 aromatic carbocycles. The van der Waals surface area contributed by atoms with E-state index in [-0.39, 0.29) is 11.7 Å². The quantitative estimate of drug-likeness (QED) is 0.164. The average molecular weight is 616 g/mol. The number of nitrogens with zero attached hydrogens (tertiary/aromatic N) is 4. The van der Waals surface area contributed by atoms with Crippen molar-refractivity contribution in [1.82, 2.24) is 19.7 Å². The smallest absolute Gasteiger partial charge is 0.234 e. The summed E-state index contributed by atoms with van der Waals surface area (Å²) in [5.74, 6) is 1.67. The number of amides is 1. The zero-order chi connectivity index (χ0) is 29.0. The van der Waals surface area contributed by atoms with Crippen LogP contribution < -0.4 is 5.32 Å². The fourth-order valence-corrected chi connectivity index (χ4v) is 7.54. The maximum Gasteiger partial charge on any atom is 0.234 e. The number of aromatic nitrogens is 4. The summed E-state index contributed by atoms with van der Waals surface area (Å²) in [4.78, 5) is 17.6. The number of nitrogens with one attached hydrogen (secondary N) is 1. The van der Waals surface area contributed by atoms with Gasteiger partial charge in [-0.3, -0.25) is 9.36 Å². The minimum atomic E-state index is -0.0978. The van der Waals surface area contributed by atoms with Crippen LogP contribution in [0.5, 0.6) is 0 Å². The molecule has 43 heavy (non-hydrogen) atoms. The monoisotopic (exact) mass is 615 g/mol. The molecule has 0 bridgehead atoms. The molecule has 0 aliphatic carbocycles. The molecular weight excluding hydrogens is 591 g/mol. The second kappa shape index (κ2) is 12.4. The lowest BCUT2D eigenvalue weighted by atomic mass is 10.1. The number of anilines is 1. The summed E-state index contributed by atoms with van der Waals surface area (Å²) < 4.78 is 4.29. The van der Waals surface area contributed by atoms with Crippen molar-refractivity contribution in [1.29, 1.82) is 0 Å². The molecule has 7 aromatic rings. The number of benzene rings is 5. The first kappa shape index (κ1) is 27.4. The zero-order valence-electron chi connectivity index (χ0n) is 22.9. The molecule has 0 unspecified atom stereocenters. The Morgan fingerprint density at radius 2 is 1.53 bits per heavy atom. The molecule has 0 spiro atoms.